The molecule has 0 amide bonds. The summed E-state index contributed by atoms with van der Waals surface area (Å²) < 4.78 is 6.43. The molecule has 1 saturated heterocycles. The topological polar surface area (TPSA) is 38.5 Å². The van der Waals surface area contributed by atoms with Crippen LogP contribution < -0.4 is 5.73 Å². The van der Waals surface area contributed by atoms with Crippen LogP contribution >= 0.6 is 22.9 Å². The van der Waals surface area contributed by atoms with Crippen LogP contribution in [0.3, 0.4) is 0 Å². The molecule has 0 spiro atoms. The zero-order valence-corrected chi connectivity index (χ0v) is 13.4. The Balaban J connectivity index is 2.16. The summed E-state index contributed by atoms with van der Waals surface area (Å²) >= 11 is 7.69. The zero-order valence-electron chi connectivity index (χ0n) is 11.8. The Hall–Kier alpha value is -0.130. The van der Waals surface area contributed by atoms with E-state index in [0.717, 1.165) is 23.8 Å². The molecule has 4 unspecified atom stereocenters. The fraction of sp³-hybridized carbons (Fsp3) is 0.714. The lowest BCUT2D eigenvalue weighted by Crippen LogP contribution is -2.49. The minimum Gasteiger partial charge on any atom is -0.380 e. The van der Waals surface area contributed by atoms with Crippen molar-refractivity contribution in [3.63, 3.8) is 0 Å². The average Bonchev–Trinajstić information content (AvgIpc) is 2.77. The van der Waals surface area contributed by atoms with Crippen LogP contribution in [-0.2, 0) is 4.74 Å². The van der Waals surface area contributed by atoms with Gasteiger partial charge < -0.3 is 10.5 Å². The third kappa shape index (κ3) is 3.50. The molecule has 0 saturated carbocycles. The van der Waals surface area contributed by atoms with E-state index in [1.165, 1.54) is 4.88 Å². The first-order valence-corrected chi connectivity index (χ1v) is 8.00. The Morgan fingerprint density at radius 3 is 2.79 bits per heavy atom. The average molecular weight is 303 g/mol. The lowest BCUT2D eigenvalue weighted by atomic mass is 9.93. The van der Waals surface area contributed by atoms with E-state index in [2.05, 4.69) is 24.8 Å². The highest BCUT2D eigenvalue weighted by atomic mass is 35.5. The van der Waals surface area contributed by atoms with Gasteiger partial charge in [-0.15, -0.1) is 11.3 Å². The quantitative estimate of drug-likeness (QED) is 0.928. The van der Waals surface area contributed by atoms with Gasteiger partial charge in [-0.2, -0.15) is 0 Å². The lowest BCUT2D eigenvalue weighted by Gasteiger charge is -2.41. The second-order valence-electron chi connectivity index (χ2n) is 5.48. The number of nitrogens with zero attached hydrogens (tertiary/aromatic N) is 1. The first kappa shape index (κ1) is 15.3. The molecule has 1 aromatic heterocycles. The second-order valence-corrected chi connectivity index (χ2v) is 7.23. The van der Waals surface area contributed by atoms with Crippen molar-refractivity contribution in [1.29, 1.82) is 0 Å². The van der Waals surface area contributed by atoms with Crippen LogP contribution in [0.4, 0.5) is 0 Å². The minimum absolute atomic E-state index is 0.0839. The maximum atomic E-state index is 6.21. The van der Waals surface area contributed by atoms with E-state index in [0.29, 0.717) is 12.0 Å². The molecule has 0 bridgehead atoms. The maximum Gasteiger partial charge on any atom is 0.0931 e. The van der Waals surface area contributed by atoms with Crippen molar-refractivity contribution in [1.82, 2.24) is 4.90 Å². The van der Waals surface area contributed by atoms with Gasteiger partial charge in [-0.05, 0) is 37.9 Å². The first-order chi connectivity index (χ1) is 9.02. The minimum atomic E-state index is 0.0839. The summed E-state index contributed by atoms with van der Waals surface area (Å²) in [6, 6.07) is 4.38. The Morgan fingerprint density at radius 1 is 1.53 bits per heavy atom. The Kier molecular flexibility index (Phi) is 5.26. The molecule has 2 heterocycles. The smallest absolute Gasteiger partial charge is 0.0931 e. The van der Waals surface area contributed by atoms with Gasteiger partial charge in [0.05, 0.1) is 16.5 Å². The van der Waals surface area contributed by atoms with E-state index in [9.17, 15) is 0 Å². The molecule has 1 aliphatic rings. The molecular formula is C14H23ClN2OS. The van der Waals surface area contributed by atoms with Crippen molar-refractivity contribution in [2.45, 2.75) is 38.5 Å². The lowest BCUT2D eigenvalue weighted by molar-refractivity contribution is -0.0218. The number of ether oxygens (including phenoxy) is 1. The third-order valence-electron chi connectivity index (χ3n) is 4.00. The molecule has 2 N–H and O–H groups in total. The third-order valence-corrected chi connectivity index (χ3v) is 5.30. The molecule has 0 aliphatic carbocycles. The molecule has 0 aromatic carbocycles. The van der Waals surface area contributed by atoms with Crippen LogP contribution in [0.25, 0.3) is 0 Å². The fourth-order valence-corrected chi connectivity index (χ4v) is 4.19. The SMILES string of the molecule is COC1CN(C(c2ccc(Cl)s2)C(C)N)CCC1C. The van der Waals surface area contributed by atoms with Crippen molar-refractivity contribution < 1.29 is 4.74 Å². The van der Waals surface area contributed by atoms with E-state index in [1.54, 1.807) is 18.4 Å². The van der Waals surface area contributed by atoms with Gasteiger partial charge in [0.25, 0.3) is 0 Å². The summed E-state index contributed by atoms with van der Waals surface area (Å²) in [6.07, 6.45) is 1.45. The van der Waals surface area contributed by atoms with Crippen LogP contribution in [0.15, 0.2) is 12.1 Å². The normalized spacial score (nSPS) is 28.3. The highest BCUT2D eigenvalue weighted by molar-refractivity contribution is 7.16. The number of hydrogen-bond acceptors (Lipinski definition) is 4. The van der Waals surface area contributed by atoms with E-state index in [-0.39, 0.29) is 12.1 Å². The van der Waals surface area contributed by atoms with E-state index in [1.807, 2.05) is 6.07 Å². The summed E-state index contributed by atoms with van der Waals surface area (Å²) in [7, 11) is 1.80. The van der Waals surface area contributed by atoms with Gasteiger partial charge >= 0.3 is 0 Å². The molecule has 1 aliphatic heterocycles. The summed E-state index contributed by atoms with van der Waals surface area (Å²) in [6.45, 7) is 6.34. The number of hydrogen-bond donors (Lipinski definition) is 1. The Labute approximate surface area is 124 Å². The van der Waals surface area contributed by atoms with Crippen molar-refractivity contribution in [2.75, 3.05) is 20.2 Å². The highest BCUT2D eigenvalue weighted by Crippen LogP contribution is 2.34. The summed E-state index contributed by atoms with van der Waals surface area (Å²) in [4.78, 5) is 3.70. The predicted octanol–water partition coefficient (Wildman–Crippen LogP) is 3.15. The van der Waals surface area contributed by atoms with Crippen LogP contribution in [0, 0.1) is 5.92 Å². The molecule has 5 heteroatoms. The van der Waals surface area contributed by atoms with Gasteiger partial charge in [0, 0.05) is 24.6 Å². The molecule has 4 atom stereocenters. The fourth-order valence-electron chi connectivity index (χ4n) is 2.88. The number of likely N-dealkylation sites (tertiary alicyclic amines) is 1. The van der Waals surface area contributed by atoms with Gasteiger partial charge in [-0.3, -0.25) is 4.90 Å². The van der Waals surface area contributed by atoms with Gasteiger partial charge in [-0.1, -0.05) is 18.5 Å². The van der Waals surface area contributed by atoms with Crippen molar-refractivity contribution in [3.05, 3.63) is 21.3 Å². The number of nitrogens with two attached hydrogens (primary N) is 1. The molecule has 3 nitrogen and oxygen atoms in total. The Morgan fingerprint density at radius 2 is 2.26 bits per heavy atom. The van der Waals surface area contributed by atoms with E-state index < -0.39 is 0 Å². The second kappa shape index (κ2) is 6.55. The monoisotopic (exact) mass is 302 g/mol. The van der Waals surface area contributed by atoms with Gasteiger partial charge in [0.2, 0.25) is 0 Å². The Bertz CT molecular complexity index is 410. The highest BCUT2D eigenvalue weighted by Gasteiger charge is 2.33. The molecule has 0 radical (unpaired) electrons. The predicted molar refractivity (Wildman–Crippen MR) is 81.9 cm³/mol. The van der Waals surface area contributed by atoms with Crippen molar-refractivity contribution >= 4 is 22.9 Å². The van der Waals surface area contributed by atoms with Crippen LogP contribution in [0.1, 0.15) is 31.2 Å². The van der Waals surface area contributed by atoms with Crippen LogP contribution in [-0.4, -0.2) is 37.2 Å². The summed E-state index contributed by atoms with van der Waals surface area (Å²) in [5.74, 6) is 0.613. The van der Waals surface area contributed by atoms with Crippen LogP contribution in [0.5, 0.6) is 0 Å². The van der Waals surface area contributed by atoms with E-state index >= 15 is 0 Å². The molecule has 2 rings (SSSR count). The summed E-state index contributed by atoms with van der Waals surface area (Å²) in [5.41, 5.74) is 6.21. The number of thiophene rings is 1. The molecular weight excluding hydrogens is 280 g/mol. The van der Waals surface area contributed by atoms with Gasteiger partial charge in [0.15, 0.2) is 0 Å². The molecule has 1 fully saturated rings. The largest absolute Gasteiger partial charge is 0.380 e. The zero-order chi connectivity index (χ0) is 14.0. The first-order valence-electron chi connectivity index (χ1n) is 6.80. The molecule has 108 valence electrons. The number of rotatable bonds is 4. The molecule has 1 aromatic rings. The standard InChI is InChI=1S/C14H23ClN2OS/c1-9-6-7-17(8-11(9)18-3)14(10(2)16)12-4-5-13(15)19-12/h4-5,9-11,14H,6-8,16H2,1-3H3. The maximum absolute atomic E-state index is 6.21. The number of halogens is 1. The molecule has 19 heavy (non-hydrogen) atoms. The number of methoxy groups -OCH3 is 1. The van der Waals surface area contributed by atoms with Gasteiger partial charge in [0.1, 0.15) is 0 Å². The van der Waals surface area contributed by atoms with E-state index in [4.69, 9.17) is 22.1 Å². The summed E-state index contributed by atoms with van der Waals surface area (Å²) in [5, 5.41) is 0. The van der Waals surface area contributed by atoms with Crippen LogP contribution in [0.2, 0.25) is 4.34 Å². The van der Waals surface area contributed by atoms with Gasteiger partial charge in [-0.25, -0.2) is 0 Å². The van der Waals surface area contributed by atoms with Crippen molar-refractivity contribution in [3.8, 4) is 0 Å². The number of piperidine rings is 1. The van der Waals surface area contributed by atoms with Crippen molar-refractivity contribution in [2.24, 2.45) is 11.7 Å².